The van der Waals surface area contributed by atoms with Gasteiger partial charge in [0.1, 0.15) is 17.8 Å². The number of aromatic nitrogens is 4. The fraction of sp³-hybridized carbons (Fsp3) is 0.381. The summed E-state index contributed by atoms with van der Waals surface area (Å²) in [4.78, 5) is 34.2. The molecule has 29 heavy (non-hydrogen) atoms. The van der Waals surface area contributed by atoms with Gasteiger partial charge in [-0.3, -0.25) is 9.78 Å². The number of para-hydroxylation sites is 2. The first-order valence-electron chi connectivity index (χ1n) is 9.81. The Kier molecular flexibility index (Phi) is 5.50. The molecule has 0 radical (unpaired) electrons. The average molecular weight is 392 g/mol. The molecule has 1 amide bonds. The van der Waals surface area contributed by atoms with Crippen molar-refractivity contribution in [3.63, 3.8) is 0 Å². The minimum Gasteiger partial charge on any atom is -0.477 e. The summed E-state index contributed by atoms with van der Waals surface area (Å²) in [7, 11) is 0. The zero-order valence-electron chi connectivity index (χ0n) is 16.7. The molecule has 8 heteroatoms. The Morgan fingerprint density at radius 2 is 1.83 bits per heavy atom. The van der Waals surface area contributed by atoms with Gasteiger partial charge in [0.2, 0.25) is 5.88 Å². The molecule has 150 valence electrons. The van der Waals surface area contributed by atoms with Crippen molar-refractivity contribution in [3.05, 3.63) is 48.5 Å². The van der Waals surface area contributed by atoms with Gasteiger partial charge in [0.15, 0.2) is 0 Å². The van der Waals surface area contributed by atoms with E-state index >= 15 is 0 Å². The van der Waals surface area contributed by atoms with E-state index in [9.17, 15) is 4.79 Å². The normalized spacial score (nSPS) is 14.4. The van der Waals surface area contributed by atoms with Crippen LogP contribution in [0.3, 0.4) is 0 Å². The molecule has 1 aliphatic heterocycles. The van der Waals surface area contributed by atoms with Crippen LogP contribution in [0.2, 0.25) is 0 Å². The number of amides is 1. The van der Waals surface area contributed by atoms with Crippen LogP contribution in [0.1, 0.15) is 24.3 Å². The minimum atomic E-state index is -0.0912. The lowest BCUT2D eigenvalue weighted by molar-refractivity contribution is 0.0740. The number of ether oxygens (including phenoxy) is 1. The van der Waals surface area contributed by atoms with Crippen molar-refractivity contribution in [1.82, 2.24) is 24.8 Å². The molecule has 1 aliphatic rings. The molecule has 3 aromatic rings. The second-order valence-corrected chi connectivity index (χ2v) is 7.44. The van der Waals surface area contributed by atoms with Crippen molar-refractivity contribution < 1.29 is 9.53 Å². The summed E-state index contributed by atoms with van der Waals surface area (Å²) in [5.41, 5.74) is 1.89. The summed E-state index contributed by atoms with van der Waals surface area (Å²) >= 11 is 0. The fourth-order valence-corrected chi connectivity index (χ4v) is 3.19. The van der Waals surface area contributed by atoms with E-state index in [1.807, 2.05) is 35.2 Å². The predicted molar refractivity (Wildman–Crippen MR) is 110 cm³/mol. The molecule has 0 atom stereocenters. The molecule has 0 aliphatic carbocycles. The molecule has 0 saturated carbocycles. The molecule has 0 bridgehead atoms. The largest absolute Gasteiger partial charge is 0.477 e. The van der Waals surface area contributed by atoms with Gasteiger partial charge in [-0.05, 0) is 18.1 Å². The average Bonchev–Trinajstić information content (AvgIpc) is 2.77. The van der Waals surface area contributed by atoms with Gasteiger partial charge < -0.3 is 14.5 Å². The summed E-state index contributed by atoms with van der Waals surface area (Å²) in [6.45, 7) is 7.38. The summed E-state index contributed by atoms with van der Waals surface area (Å²) < 4.78 is 5.69. The minimum absolute atomic E-state index is 0.0912. The van der Waals surface area contributed by atoms with Crippen LogP contribution in [0.5, 0.6) is 5.88 Å². The van der Waals surface area contributed by atoms with E-state index < -0.39 is 0 Å². The standard InChI is InChI=1S/C21H24N6O2/c1-15(2)13-29-20-11-19(23-14-24-20)26-7-9-27(10-8-26)21(28)18-12-22-16-5-3-4-6-17(16)25-18/h3-6,11-12,14-15H,7-10,13H2,1-2H3. The van der Waals surface area contributed by atoms with Crippen LogP contribution >= 0.6 is 0 Å². The number of rotatable bonds is 5. The van der Waals surface area contributed by atoms with Gasteiger partial charge >= 0.3 is 0 Å². The van der Waals surface area contributed by atoms with Gasteiger partial charge in [0, 0.05) is 32.2 Å². The summed E-state index contributed by atoms with van der Waals surface area (Å²) in [6, 6.07) is 9.41. The smallest absolute Gasteiger partial charge is 0.274 e. The van der Waals surface area contributed by atoms with Crippen molar-refractivity contribution in [3.8, 4) is 5.88 Å². The highest BCUT2D eigenvalue weighted by Gasteiger charge is 2.24. The van der Waals surface area contributed by atoms with Gasteiger partial charge in [-0.1, -0.05) is 26.0 Å². The monoisotopic (exact) mass is 392 g/mol. The van der Waals surface area contributed by atoms with Gasteiger partial charge in [-0.15, -0.1) is 0 Å². The number of carbonyl (C=O) groups excluding carboxylic acids is 1. The van der Waals surface area contributed by atoms with Gasteiger partial charge in [0.25, 0.3) is 5.91 Å². The van der Waals surface area contributed by atoms with E-state index in [2.05, 4.69) is 38.7 Å². The number of carbonyl (C=O) groups is 1. The Balaban J connectivity index is 1.39. The van der Waals surface area contributed by atoms with Crippen LogP contribution in [0.15, 0.2) is 42.9 Å². The molecular weight excluding hydrogens is 368 g/mol. The molecular formula is C21H24N6O2. The van der Waals surface area contributed by atoms with Crippen LogP contribution in [0.4, 0.5) is 5.82 Å². The maximum atomic E-state index is 12.8. The summed E-state index contributed by atoms with van der Waals surface area (Å²) in [5.74, 6) is 1.73. The molecule has 8 nitrogen and oxygen atoms in total. The first-order chi connectivity index (χ1) is 14.1. The number of hydrogen-bond donors (Lipinski definition) is 0. The third kappa shape index (κ3) is 4.42. The van der Waals surface area contributed by atoms with Crippen molar-refractivity contribution in [2.45, 2.75) is 13.8 Å². The summed E-state index contributed by atoms with van der Waals surface area (Å²) in [6.07, 6.45) is 3.08. The van der Waals surface area contributed by atoms with Gasteiger partial charge in [-0.25, -0.2) is 15.0 Å². The fourth-order valence-electron chi connectivity index (χ4n) is 3.19. The lowest BCUT2D eigenvalue weighted by Gasteiger charge is -2.35. The first kappa shape index (κ1) is 19.0. The Bertz CT molecular complexity index is 1000. The SMILES string of the molecule is CC(C)COc1cc(N2CCN(C(=O)c3cnc4ccccc4n3)CC2)ncn1. The number of benzene rings is 1. The Labute approximate surface area is 169 Å². The lowest BCUT2D eigenvalue weighted by Crippen LogP contribution is -2.49. The number of nitrogens with zero attached hydrogens (tertiary/aromatic N) is 6. The van der Waals surface area contributed by atoms with E-state index in [1.165, 1.54) is 6.33 Å². The van der Waals surface area contributed by atoms with Crippen LogP contribution in [-0.2, 0) is 0 Å². The zero-order valence-corrected chi connectivity index (χ0v) is 16.7. The van der Waals surface area contributed by atoms with E-state index in [0.29, 0.717) is 50.3 Å². The molecule has 1 saturated heterocycles. The molecule has 4 rings (SSSR count). The van der Waals surface area contributed by atoms with E-state index in [4.69, 9.17) is 4.74 Å². The van der Waals surface area contributed by atoms with E-state index in [-0.39, 0.29) is 5.91 Å². The molecule has 1 fully saturated rings. The third-order valence-electron chi connectivity index (χ3n) is 4.75. The van der Waals surface area contributed by atoms with Gasteiger partial charge in [0.05, 0.1) is 23.8 Å². The van der Waals surface area contributed by atoms with Crippen molar-refractivity contribution in [2.24, 2.45) is 5.92 Å². The van der Waals surface area contributed by atoms with Crippen LogP contribution in [-0.4, -0.2) is 63.5 Å². The molecule has 0 spiro atoms. The highest BCUT2D eigenvalue weighted by molar-refractivity contribution is 5.94. The molecule has 2 aromatic heterocycles. The Morgan fingerprint density at radius 3 is 2.59 bits per heavy atom. The van der Waals surface area contributed by atoms with E-state index in [1.54, 1.807) is 6.20 Å². The maximum Gasteiger partial charge on any atom is 0.274 e. The van der Waals surface area contributed by atoms with Gasteiger partial charge in [-0.2, -0.15) is 0 Å². The first-order valence-corrected chi connectivity index (χ1v) is 9.81. The zero-order chi connectivity index (χ0) is 20.2. The molecule has 1 aromatic carbocycles. The molecule has 3 heterocycles. The molecule has 0 N–H and O–H groups in total. The van der Waals surface area contributed by atoms with E-state index in [0.717, 1.165) is 16.9 Å². The second kappa shape index (κ2) is 8.38. The topological polar surface area (TPSA) is 84.3 Å². The predicted octanol–water partition coefficient (Wildman–Crippen LogP) is 2.42. The highest BCUT2D eigenvalue weighted by atomic mass is 16.5. The lowest BCUT2D eigenvalue weighted by atomic mass is 10.2. The van der Waals surface area contributed by atoms with Crippen molar-refractivity contribution >= 4 is 22.8 Å². The van der Waals surface area contributed by atoms with Crippen LogP contribution in [0.25, 0.3) is 11.0 Å². The second-order valence-electron chi connectivity index (χ2n) is 7.44. The quantitative estimate of drug-likeness (QED) is 0.659. The summed E-state index contributed by atoms with van der Waals surface area (Å²) in [5, 5.41) is 0. The highest BCUT2D eigenvalue weighted by Crippen LogP contribution is 2.19. The van der Waals surface area contributed by atoms with Crippen molar-refractivity contribution in [1.29, 1.82) is 0 Å². The third-order valence-corrected chi connectivity index (χ3v) is 4.75. The number of piperazine rings is 1. The molecule has 0 unspecified atom stereocenters. The van der Waals surface area contributed by atoms with Crippen LogP contribution in [0, 0.1) is 5.92 Å². The number of fused-ring (bicyclic) bond motifs is 1. The van der Waals surface area contributed by atoms with Crippen molar-refractivity contribution in [2.75, 3.05) is 37.7 Å². The van der Waals surface area contributed by atoms with Crippen LogP contribution < -0.4 is 9.64 Å². The number of anilines is 1. The maximum absolute atomic E-state index is 12.8. The number of hydrogen-bond acceptors (Lipinski definition) is 7. The Hall–Kier alpha value is -3.29. The Morgan fingerprint density at radius 1 is 1.07 bits per heavy atom.